The number of nitrogens with one attached hydrogen (secondary N) is 1. The molecule has 3 heterocycles. The van der Waals surface area contributed by atoms with Crippen LogP contribution in [0, 0.1) is 6.92 Å². The predicted molar refractivity (Wildman–Crippen MR) is 159 cm³/mol. The van der Waals surface area contributed by atoms with Crippen molar-refractivity contribution in [1.29, 1.82) is 0 Å². The van der Waals surface area contributed by atoms with E-state index in [1.807, 2.05) is 48.2 Å². The number of Topliss-reactive ketones (excluding diaryl/α,β-unsaturated/α-hetero) is 1. The first-order valence-electron chi connectivity index (χ1n) is 13.2. The van der Waals surface area contributed by atoms with E-state index in [2.05, 4.69) is 15.4 Å². The van der Waals surface area contributed by atoms with Gasteiger partial charge in [0.1, 0.15) is 5.56 Å². The number of aryl methyl sites for hydroxylation is 1. The molecular formula is C31H29ClFN5O4. The van der Waals surface area contributed by atoms with Crippen molar-refractivity contribution >= 4 is 29.0 Å². The van der Waals surface area contributed by atoms with Gasteiger partial charge in [0.15, 0.2) is 11.5 Å². The average Bonchev–Trinajstić information content (AvgIpc) is 2.95. The summed E-state index contributed by atoms with van der Waals surface area (Å²) >= 11 is 6.95. The van der Waals surface area contributed by atoms with Crippen LogP contribution in [0.3, 0.4) is 0 Å². The number of ketones is 1. The summed E-state index contributed by atoms with van der Waals surface area (Å²) in [6.45, 7) is 3.61. The fourth-order valence-corrected chi connectivity index (χ4v) is 5.35. The van der Waals surface area contributed by atoms with Gasteiger partial charge in [0, 0.05) is 55.3 Å². The molecule has 1 aliphatic rings. The number of methoxy groups -OCH3 is 1. The van der Waals surface area contributed by atoms with Crippen LogP contribution in [0.5, 0.6) is 5.88 Å². The molecule has 1 saturated heterocycles. The Morgan fingerprint density at radius 2 is 1.76 bits per heavy atom. The highest BCUT2D eigenvalue weighted by Crippen LogP contribution is 2.39. The van der Waals surface area contributed by atoms with Gasteiger partial charge in [-0.1, -0.05) is 48.0 Å². The largest absolute Gasteiger partial charge is 0.481 e. The zero-order valence-electron chi connectivity index (χ0n) is 23.6. The molecule has 42 heavy (non-hydrogen) atoms. The van der Waals surface area contributed by atoms with Crippen molar-refractivity contribution in [2.75, 3.05) is 25.5 Å². The molecule has 0 radical (unpaired) electrons. The van der Waals surface area contributed by atoms with Gasteiger partial charge in [-0.3, -0.25) is 19.3 Å². The highest BCUT2D eigenvalue weighted by atomic mass is 35.5. The SMILES string of the molecule is COc1nc(-c2cccc(-c3cccc(NC(=O)c4ccnn(C)c4=O)c3C)c2Cl)ccc1CN1CC(F)(C(C)=O)C1. The van der Waals surface area contributed by atoms with Gasteiger partial charge in [-0.25, -0.2) is 14.1 Å². The van der Waals surface area contributed by atoms with Gasteiger partial charge in [-0.15, -0.1) is 0 Å². The maximum atomic E-state index is 14.4. The van der Waals surface area contributed by atoms with Crippen LogP contribution >= 0.6 is 11.6 Å². The highest BCUT2D eigenvalue weighted by molar-refractivity contribution is 6.36. The van der Waals surface area contributed by atoms with Crippen LogP contribution in [0.25, 0.3) is 22.4 Å². The van der Waals surface area contributed by atoms with E-state index in [0.29, 0.717) is 34.4 Å². The predicted octanol–water partition coefficient (Wildman–Crippen LogP) is 4.84. The van der Waals surface area contributed by atoms with E-state index >= 15 is 0 Å². The second-order valence-corrected chi connectivity index (χ2v) is 10.7. The van der Waals surface area contributed by atoms with Crippen molar-refractivity contribution in [3.8, 4) is 28.3 Å². The fraction of sp³-hybridized carbons (Fsp3) is 0.258. The molecule has 0 aliphatic carbocycles. The lowest BCUT2D eigenvalue weighted by atomic mass is 9.92. The summed E-state index contributed by atoms with van der Waals surface area (Å²) < 4.78 is 21.1. The molecule has 0 atom stereocenters. The highest BCUT2D eigenvalue weighted by Gasteiger charge is 2.47. The van der Waals surface area contributed by atoms with Gasteiger partial charge in [-0.2, -0.15) is 5.10 Å². The molecular weight excluding hydrogens is 561 g/mol. The molecule has 11 heteroatoms. The molecule has 1 N–H and O–H groups in total. The van der Waals surface area contributed by atoms with Crippen LogP contribution in [0.4, 0.5) is 10.1 Å². The van der Waals surface area contributed by atoms with Gasteiger partial charge >= 0.3 is 0 Å². The Balaban J connectivity index is 1.42. The first-order chi connectivity index (χ1) is 20.0. The van der Waals surface area contributed by atoms with Crippen molar-refractivity contribution in [1.82, 2.24) is 19.7 Å². The van der Waals surface area contributed by atoms with Crippen molar-refractivity contribution in [3.05, 3.63) is 92.9 Å². The van der Waals surface area contributed by atoms with E-state index in [0.717, 1.165) is 26.9 Å². The quantitative estimate of drug-likeness (QED) is 0.313. The second kappa shape index (κ2) is 11.5. The molecule has 5 rings (SSSR count). The number of nitrogens with zero attached hydrogens (tertiary/aromatic N) is 4. The standard InChI is InChI=1S/C31H29ClFN5O4/c1-18-21(7-6-10-25(18)35-28(40)24-13-14-34-37(3)30(24)41)22-8-5-9-23(27(22)32)26-12-11-20(29(36-26)42-4)15-38-16-31(33,17-38)19(2)39/h5-14H,15-17H2,1-4H3,(H,35,40). The molecule has 1 amide bonds. The lowest BCUT2D eigenvalue weighted by Crippen LogP contribution is -2.62. The maximum absolute atomic E-state index is 14.4. The molecule has 0 spiro atoms. The summed E-state index contributed by atoms with van der Waals surface area (Å²) in [6, 6.07) is 16.1. The summed E-state index contributed by atoms with van der Waals surface area (Å²) in [5, 5.41) is 7.15. The van der Waals surface area contributed by atoms with Crippen molar-refractivity contribution in [2.24, 2.45) is 7.05 Å². The molecule has 0 bridgehead atoms. The minimum absolute atomic E-state index is 0.0159. The molecule has 2 aromatic heterocycles. The normalized spacial score (nSPS) is 14.2. The van der Waals surface area contributed by atoms with Gasteiger partial charge in [0.05, 0.1) is 17.8 Å². The Morgan fingerprint density at radius 1 is 1.07 bits per heavy atom. The summed E-state index contributed by atoms with van der Waals surface area (Å²) in [6.07, 6.45) is 1.40. The summed E-state index contributed by atoms with van der Waals surface area (Å²) in [4.78, 5) is 43.3. The van der Waals surface area contributed by atoms with Crippen LogP contribution in [0.2, 0.25) is 5.02 Å². The Labute approximate surface area is 246 Å². The number of carbonyl (C=O) groups is 2. The zero-order valence-corrected chi connectivity index (χ0v) is 24.3. The number of amides is 1. The lowest BCUT2D eigenvalue weighted by Gasteiger charge is -2.42. The van der Waals surface area contributed by atoms with Crippen molar-refractivity contribution in [2.45, 2.75) is 26.1 Å². The number of ether oxygens (including phenoxy) is 1. The number of hydrogen-bond donors (Lipinski definition) is 1. The Hall–Kier alpha value is -4.41. The van der Waals surface area contributed by atoms with E-state index in [1.54, 1.807) is 12.1 Å². The van der Waals surface area contributed by atoms with Crippen molar-refractivity contribution in [3.63, 3.8) is 0 Å². The smallest absolute Gasteiger partial charge is 0.279 e. The molecule has 0 unspecified atom stereocenters. The number of pyridine rings is 1. The number of benzene rings is 2. The minimum atomic E-state index is -1.79. The molecule has 1 fully saturated rings. The van der Waals surface area contributed by atoms with Crippen LogP contribution in [0.15, 0.2) is 65.6 Å². The van der Waals surface area contributed by atoms with Gasteiger partial charge in [-0.05, 0) is 43.2 Å². The number of rotatable bonds is 8. The fourth-order valence-electron chi connectivity index (χ4n) is 5.02. The van der Waals surface area contributed by atoms with Gasteiger partial charge < -0.3 is 10.1 Å². The number of likely N-dealkylation sites (tertiary alicyclic amines) is 1. The van der Waals surface area contributed by atoms with Gasteiger partial charge in [0.25, 0.3) is 11.5 Å². The van der Waals surface area contributed by atoms with E-state index < -0.39 is 22.9 Å². The molecule has 4 aromatic rings. The molecule has 9 nitrogen and oxygen atoms in total. The first kappa shape index (κ1) is 29.1. The number of carbonyl (C=O) groups excluding carboxylic acids is 2. The van der Waals surface area contributed by atoms with Crippen molar-refractivity contribution < 1.29 is 18.7 Å². The van der Waals surface area contributed by atoms with E-state index in [4.69, 9.17) is 16.3 Å². The minimum Gasteiger partial charge on any atom is -0.481 e. The van der Waals surface area contributed by atoms with Crippen LogP contribution in [0.1, 0.15) is 28.4 Å². The number of alkyl halides is 1. The number of hydrogen-bond acceptors (Lipinski definition) is 7. The molecule has 216 valence electrons. The van der Waals surface area contributed by atoms with Crippen LogP contribution < -0.4 is 15.6 Å². The molecule has 1 aliphatic heterocycles. The zero-order chi connectivity index (χ0) is 30.2. The third kappa shape index (κ3) is 5.43. The number of aromatic nitrogens is 3. The van der Waals surface area contributed by atoms with Crippen LogP contribution in [-0.4, -0.2) is 57.2 Å². The number of anilines is 1. The Kier molecular flexibility index (Phi) is 7.94. The molecule has 2 aromatic carbocycles. The summed E-state index contributed by atoms with van der Waals surface area (Å²) in [7, 11) is 3.00. The van der Waals surface area contributed by atoms with E-state index in [9.17, 15) is 18.8 Å². The van der Waals surface area contributed by atoms with E-state index in [1.165, 1.54) is 33.3 Å². The topological polar surface area (TPSA) is 106 Å². The van der Waals surface area contributed by atoms with Gasteiger partial charge in [0.2, 0.25) is 5.88 Å². The van der Waals surface area contributed by atoms with Crippen LogP contribution in [-0.2, 0) is 18.4 Å². The second-order valence-electron chi connectivity index (χ2n) is 10.3. The summed E-state index contributed by atoms with van der Waals surface area (Å²) in [5.41, 5.74) is 2.56. The third-order valence-electron chi connectivity index (χ3n) is 7.50. The number of halogens is 2. The Morgan fingerprint density at radius 3 is 2.48 bits per heavy atom. The molecule has 0 saturated carbocycles. The monoisotopic (exact) mass is 589 g/mol. The summed E-state index contributed by atoms with van der Waals surface area (Å²) in [5.74, 6) is -0.612. The lowest BCUT2D eigenvalue weighted by molar-refractivity contribution is -0.141. The first-order valence-corrected chi connectivity index (χ1v) is 13.6. The third-order valence-corrected chi connectivity index (χ3v) is 7.91. The maximum Gasteiger partial charge on any atom is 0.279 e. The van der Waals surface area contributed by atoms with E-state index in [-0.39, 0.29) is 18.7 Å². The Bertz CT molecular complexity index is 1770. The average molecular weight is 590 g/mol.